The predicted molar refractivity (Wildman–Crippen MR) is 143 cm³/mol. The monoisotopic (exact) mass is 510 g/mol. The molecule has 8 nitrogen and oxygen atoms in total. The highest BCUT2D eigenvalue weighted by Crippen LogP contribution is 2.37. The maximum atomic E-state index is 12.9. The zero-order valence-corrected chi connectivity index (χ0v) is 24.7. The second-order valence-corrected chi connectivity index (χ2v) is 12.3. The number of ketones is 3. The molecule has 0 saturated carbocycles. The van der Waals surface area contributed by atoms with Gasteiger partial charge >= 0.3 is 0 Å². The molecular weight excluding hydrogens is 458 g/mol. The lowest BCUT2D eigenvalue weighted by Gasteiger charge is -2.35. The number of hydrogen-bond acceptors (Lipinski definition) is 5. The fourth-order valence-corrected chi connectivity index (χ4v) is 4.59. The van der Waals surface area contributed by atoms with Crippen molar-refractivity contribution in [3.63, 3.8) is 0 Å². The minimum Gasteiger partial charge on any atom is -0.356 e. The Labute approximate surface area is 218 Å². The van der Waals surface area contributed by atoms with E-state index in [4.69, 9.17) is 0 Å². The molecule has 0 aromatic rings. The second kappa shape index (κ2) is 14.0. The van der Waals surface area contributed by atoms with Crippen LogP contribution in [0.25, 0.3) is 0 Å². The van der Waals surface area contributed by atoms with Gasteiger partial charge in [-0.3, -0.25) is 24.0 Å². The summed E-state index contributed by atoms with van der Waals surface area (Å²) >= 11 is 0. The van der Waals surface area contributed by atoms with Gasteiger partial charge < -0.3 is 15.1 Å². The van der Waals surface area contributed by atoms with E-state index < -0.39 is 23.2 Å². The summed E-state index contributed by atoms with van der Waals surface area (Å²) < 4.78 is 0.551. The number of likely N-dealkylation sites (N-methyl/N-ethyl adjacent to an activating group) is 1. The molecule has 0 aromatic carbocycles. The Morgan fingerprint density at radius 3 is 1.89 bits per heavy atom. The predicted octanol–water partition coefficient (Wildman–Crippen LogP) is 3.32. The van der Waals surface area contributed by atoms with Crippen molar-refractivity contribution in [1.29, 1.82) is 0 Å². The highest BCUT2D eigenvalue weighted by molar-refractivity contribution is 5.89. The van der Waals surface area contributed by atoms with Crippen LogP contribution < -0.4 is 10.6 Å². The van der Waals surface area contributed by atoms with Crippen LogP contribution in [0.3, 0.4) is 0 Å². The fourth-order valence-electron chi connectivity index (χ4n) is 4.59. The number of nitrogens with zero attached hydrogens (tertiary/aromatic N) is 1. The number of carbonyl (C=O) groups is 5. The van der Waals surface area contributed by atoms with Crippen LogP contribution in [0.4, 0.5) is 0 Å². The third kappa shape index (κ3) is 11.8. The molecule has 8 heteroatoms. The molecule has 0 radical (unpaired) electrons. The van der Waals surface area contributed by atoms with Gasteiger partial charge in [0, 0.05) is 48.6 Å². The normalized spacial score (nSPS) is 16.3. The topological polar surface area (TPSA) is 109 Å². The molecule has 36 heavy (non-hydrogen) atoms. The Bertz CT molecular complexity index is 805. The van der Waals surface area contributed by atoms with Crippen LogP contribution in [0.5, 0.6) is 0 Å². The van der Waals surface area contributed by atoms with Crippen molar-refractivity contribution in [3.05, 3.63) is 0 Å². The highest BCUT2D eigenvalue weighted by Gasteiger charge is 2.40. The van der Waals surface area contributed by atoms with Gasteiger partial charge in [0.15, 0.2) is 5.78 Å². The fraction of sp³-hybridized carbons (Fsp3) is 0.821. The summed E-state index contributed by atoms with van der Waals surface area (Å²) in [5, 5.41) is 5.95. The van der Waals surface area contributed by atoms with E-state index in [-0.39, 0.29) is 41.1 Å². The molecule has 0 fully saturated rings. The van der Waals surface area contributed by atoms with Gasteiger partial charge in [0.1, 0.15) is 18.1 Å². The standard InChI is InChI=1S/C28H51N3O5/c1-12-27(7,8)30-25(35)19(2)16-28(9,23(6)34)17-24(22(5)33)21(4)26(36)29-14-13-15-31(10,11)18-20(3)32/h19,21,24H,12-18H2,1-11H3,(H-,29,30,35,36)/p+1. The summed E-state index contributed by atoms with van der Waals surface area (Å²) in [6, 6.07) is 0. The van der Waals surface area contributed by atoms with Crippen LogP contribution in [0.15, 0.2) is 0 Å². The molecule has 0 rings (SSSR count). The van der Waals surface area contributed by atoms with Crippen molar-refractivity contribution in [3.8, 4) is 0 Å². The Morgan fingerprint density at radius 2 is 1.44 bits per heavy atom. The molecule has 2 amide bonds. The number of hydrogen-bond donors (Lipinski definition) is 2. The maximum absolute atomic E-state index is 12.9. The Balaban J connectivity index is 5.30. The third-order valence-corrected chi connectivity index (χ3v) is 7.50. The van der Waals surface area contributed by atoms with Gasteiger partial charge in [-0.25, -0.2) is 0 Å². The average molecular weight is 511 g/mol. The number of carbonyl (C=O) groups excluding carboxylic acids is 5. The molecule has 0 aliphatic carbocycles. The summed E-state index contributed by atoms with van der Waals surface area (Å²) in [6.45, 7) is 17.4. The van der Waals surface area contributed by atoms with Gasteiger partial charge in [-0.05, 0) is 47.0 Å². The zero-order valence-electron chi connectivity index (χ0n) is 24.7. The van der Waals surface area contributed by atoms with E-state index in [0.717, 1.165) is 13.0 Å². The first-order valence-electron chi connectivity index (χ1n) is 13.2. The molecule has 2 N–H and O–H groups in total. The van der Waals surface area contributed by atoms with E-state index in [2.05, 4.69) is 10.6 Å². The van der Waals surface area contributed by atoms with Crippen LogP contribution in [0, 0.1) is 23.2 Å². The Kier molecular flexibility index (Phi) is 13.2. The lowest BCUT2D eigenvalue weighted by Crippen LogP contribution is -2.47. The van der Waals surface area contributed by atoms with Gasteiger partial charge in [-0.2, -0.15) is 0 Å². The largest absolute Gasteiger partial charge is 0.356 e. The summed E-state index contributed by atoms with van der Waals surface area (Å²) in [5.41, 5.74) is -1.25. The van der Waals surface area contributed by atoms with Crippen LogP contribution in [0.1, 0.15) is 88.0 Å². The van der Waals surface area contributed by atoms with Gasteiger partial charge in [0.25, 0.3) is 0 Å². The molecule has 0 heterocycles. The smallest absolute Gasteiger partial charge is 0.223 e. The van der Waals surface area contributed by atoms with Crippen molar-refractivity contribution < 1.29 is 28.5 Å². The zero-order chi connectivity index (χ0) is 28.5. The minimum atomic E-state index is -0.911. The summed E-state index contributed by atoms with van der Waals surface area (Å²) in [4.78, 5) is 62.4. The van der Waals surface area contributed by atoms with Crippen molar-refractivity contribution in [2.24, 2.45) is 23.2 Å². The van der Waals surface area contributed by atoms with E-state index >= 15 is 0 Å². The molecule has 0 aromatic heterocycles. The van der Waals surface area contributed by atoms with Crippen molar-refractivity contribution in [2.45, 2.75) is 93.5 Å². The molecule has 208 valence electrons. The van der Waals surface area contributed by atoms with Gasteiger partial charge in [0.05, 0.1) is 20.6 Å². The summed E-state index contributed by atoms with van der Waals surface area (Å²) in [5.74, 6) is -2.13. The van der Waals surface area contributed by atoms with E-state index in [1.54, 1.807) is 27.7 Å². The van der Waals surface area contributed by atoms with Crippen molar-refractivity contribution in [2.75, 3.05) is 33.7 Å². The lowest BCUT2D eigenvalue weighted by atomic mass is 9.69. The van der Waals surface area contributed by atoms with Gasteiger partial charge in [-0.1, -0.05) is 27.7 Å². The Hall–Kier alpha value is -2.09. The van der Waals surface area contributed by atoms with Gasteiger partial charge in [0.2, 0.25) is 11.8 Å². The maximum Gasteiger partial charge on any atom is 0.223 e. The average Bonchev–Trinajstić information content (AvgIpc) is 2.72. The molecule has 0 spiro atoms. The molecule has 4 atom stereocenters. The van der Waals surface area contributed by atoms with E-state index in [0.29, 0.717) is 30.4 Å². The highest BCUT2D eigenvalue weighted by atomic mass is 16.2. The molecular formula is C28H52N3O5+. The first-order valence-corrected chi connectivity index (χ1v) is 13.2. The first kappa shape index (κ1) is 33.9. The van der Waals surface area contributed by atoms with Gasteiger partial charge in [-0.15, -0.1) is 0 Å². The lowest BCUT2D eigenvalue weighted by molar-refractivity contribution is -0.882. The van der Waals surface area contributed by atoms with Crippen LogP contribution in [-0.2, 0) is 24.0 Å². The number of amides is 2. The molecule has 0 aliphatic heterocycles. The van der Waals surface area contributed by atoms with Crippen LogP contribution in [-0.4, -0.2) is 72.9 Å². The molecule has 0 saturated heterocycles. The second-order valence-electron chi connectivity index (χ2n) is 12.3. The molecule has 4 unspecified atom stereocenters. The summed E-state index contributed by atoms with van der Waals surface area (Å²) in [6.07, 6.45) is 2.00. The number of quaternary nitrogens is 1. The molecule has 0 aliphatic rings. The SMILES string of the molecule is CCC(C)(C)NC(=O)C(C)CC(C)(CC(C(C)=O)C(C)C(=O)NCCC[N+](C)(C)CC(C)=O)C(C)=O. The first-order chi connectivity index (χ1) is 16.3. The van der Waals surface area contributed by atoms with Crippen LogP contribution in [0.2, 0.25) is 0 Å². The van der Waals surface area contributed by atoms with E-state index in [1.807, 2.05) is 34.9 Å². The third-order valence-electron chi connectivity index (χ3n) is 7.50. The Morgan fingerprint density at radius 1 is 0.889 bits per heavy atom. The number of nitrogens with one attached hydrogen (secondary N) is 2. The number of rotatable bonds is 17. The summed E-state index contributed by atoms with van der Waals surface area (Å²) in [7, 11) is 3.95. The number of Topliss-reactive ketones (excluding diaryl/α,β-unsaturated/α-hetero) is 3. The van der Waals surface area contributed by atoms with Crippen LogP contribution >= 0.6 is 0 Å². The van der Waals surface area contributed by atoms with Crippen molar-refractivity contribution >= 4 is 29.2 Å². The van der Waals surface area contributed by atoms with E-state index in [1.165, 1.54) is 13.8 Å². The quantitative estimate of drug-likeness (QED) is 0.230. The molecule has 0 bridgehead atoms. The van der Waals surface area contributed by atoms with E-state index in [9.17, 15) is 24.0 Å². The van der Waals surface area contributed by atoms with Crippen molar-refractivity contribution in [1.82, 2.24) is 10.6 Å². The minimum absolute atomic E-state index is 0.0961.